The van der Waals surface area contributed by atoms with Crippen molar-refractivity contribution >= 4 is 44.4 Å². The van der Waals surface area contributed by atoms with E-state index in [1.165, 1.54) is 18.3 Å². The number of hydrogen-bond donors (Lipinski definition) is 2. The monoisotopic (exact) mass is 413 g/mol. The Morgan fingerprint density at radius 3 is 2.77 bits per heavy atom. The van der Waals surface area contributed by atoms with Crippen LogP contribution in [-0.4, -0.2) is 43.7 Å². The number of pyridine rings is 1. The summed E-state index contributed by atoms with van der Waals surface area (Å²) >= 11 is 12.0. The molecular weight excluding hydrogens is 397 g/mol. The lowest BCUT2D eigenvalue weighted by Crippen LogP contribution is -2.45. The maximum absolute atomic E-state index is 13.1. The minimum absolute atomic E-state index is 0.0803. The number of β-amino-alcohol motifs (C(OH)–C–C–N with tert-alkyl or cyclic N) is 1. The maximum atomic E-state index is 13.1. The Morgan fingerprint density at radius 1 is 1.19 bits per heavy atom. The van der Waals surface area contributed by atoms with E-state index in [4.69, 9.17) is 23.2 Å². The SMILES string of the molecule is O=S1(=O)c2cc(Cl)ccc2N([C@H]2CCCNC[C@@H]2O)c2cnc(Cl)cc21. The van der Waals surface area contributed by atoms with Crippen molar-refractivity contribution in [2.45, 2.75) is 34.8 Å². The van der Waals surface area contributed by atoms with Crippen LogP contribution in [0.3, 0.4) is 0 Å². The minimum atomic E-state index is -3.79. The lowest BCUT2D eigenvalue weighted by Gasteiger charge is -2.40. The van der Waals surface area contributed by atoms with E-state index in [-0.39, 0.29) is 21.0 Å². The van der Waals surface area contributed by atoms with Gasteiger partial charge in [-0.15, -0.1) is 0 Å². The molecule has 4 rings (SSSR count). The van der Waals surface area contributed by atoms with Crippen molar-refractivity contribution in [1.29, 1.82) is 0 Å². The topological polar surface area (TPSA) is 82.5 Å². The predicted octanol–water partition coefficient (Wildman–Crippen LogP) is 2.79. The molecule has 2 atom stereocenters. The van der Waals surface area contributed by atoms with Gasteiger partial charge in [0.1, 0.15) is 10.0 Å². The predicted molar refractivity (Wildman–Crippen MR) is 100 cm³/mol. The molecule has 0 unspecified atom stereocenters. The summed E-state index contributed by atoms with van der Waals surface area (Å²) in [5.41, 5.74) is 0.923. The van der Waals surface area contributed by atoms with Crippen molar-refractivity contribution in [3.05, 3.63) is 40.6 Å². The van der Waals surface area contributed by atoms with Crippen molar-refractivity contribution < 1.29 is 13.5 Å². The van der Waals surface area contributed by atoms with Crippen molar-refractivity contribution in [3.63, 3.8) is 0 Å². The van der Waals surface area contributed by atoms with Crippen LogP contribution < -0.4 is 10.2 Å². The van der Waals surface area contributed by atoms with Gasteiger partial charge in [-0.2, -0.15) is 0 Å². The zero-order chi connectivity index (χ0) is 18.5. The second-order valence-electron chi connectivity index (χ2n) is 6.44. The zero-order valence-electron chi connectivity index (χ0n) is 13.7. The third-order valence-corrected chi connectivity index (χ3v) is 7.07. The number of hydrogen-bond acceptors (Lipinski definition) is 6. The van der Waals surface area contributed by atoms with Crippen LogP contribution in [0.1, 0.15) is 12.8 Å². The molecule has 0 radical (unpaired) electrons. The number of sulfone groups is 1. The van der Waals surface area contributed by atoms with Crippen LogP contribution in [0.25, 0.3) is 0 Å². The number of aliphatic hydroxyl groups is 1. The third-order valence-electron chi connectivity index (χ3n) is 4.82. The largest absolute Gasteiger partial charge is 0.390 e. The quantitative estimate of drug-likeness (QED) is 0.699. The molecule has 2 aromatic rings. The van der Waals surface area contributed by atoms with Crippen LogP contribution in [0.4, 0.5) is 11.4 Å². The van der Waals surface area contributed by atoms with Gasteiger partial charge in [0.05, 0.1) is 34.6 Å². The molecule has 1 saturated heterocycles. The number of aliphatic hydroxyl groups excluding tert-OH is 1. The molecule has 138 valence electrons. The van der Waals surface area contributed by atoms with Gasteiger partial charge >= 0.3 is 0 Å². The molecule has 0 amide bonds. The third kappa shape index (κ3) is 2.88. The average molecular weight is 414 g/mol. The first-order valence-electron chi connectivity index (χ1n) is 8.28. The van der Waals surface area contributed by atoms with Crippen molar-refractivity contribution in [2.24, 2.45) is 0 Å². The molecule has 0 spiro atoms. The second kappa shape index (κ2) is 6.65. The van der Waals surface area contributed by atoms with Crippen LogP contribution in [0.5, 0.6) is 0 Å². The van der Waals surface area contributed by atoms with Crippen LogP contribution in [0.2, 0.25) is 10.2 Å². The molecule has 2 aliphatic rings. The van der Waals surface area contributed by atoms with E-state index in [1.807, 2.05) is 4.90 Å². The molecule has 9 heteroatoms. The van der Waals surface area contributed by atoms with Gasteiger partial charge in [-0.1, -0.05) is 23.2 Å². The molecule has 1 fully saturated rings. The highest BCUT2D eigenvalue weighted by Gasteiger charge is 2.40. The highest BCUT2D eigenvalue weighted by molar-refractivity contribution is 7.92. The number of halogens is 2. The number of anilines is 2. The Labute approximate surface area is 161 Å². The van der Waals surface area contributed by atoms with Crippen molar-refractivity contribution in [3.8, 4) is 0 Å². The lowest BCUT2D eigenvalue weighted by atomic mass is 10.0. The summed E-state index contributed by atoms with van der Waals surface area (Å²) in [6.07, 6.45) is 2.37. The number of fused-ring (bicyclic) bond motifs is 2. The van der Waals surface area contributed by atoms with Crippen molar-refractivity contribution in [2.75, 3.05) is 18.0 Å². The number of benzene rings is 1. The number of rotatable bonds is 1. The summed E-state index contributed by atoms with van der Waals surface area (Å²) in [4.78, 5) is 6.14. The summed E-state index contributed by atoms with van der Waals surface area (Å²) in [6, 6.07) is 5.83. The smallest absolute Gasteiger partial charge is 0.210 e. The molecule has 0 bridgehead atoms. The van der Waals surface area contributed by atoms with Gasteiger partial charge in [-0.05, 0) is 43.7 Å². The Hall–Kier alpha value is -1.38. The molecule has 1 aromatic carbocycles. The number of nitrogens with zero attached hydrogens (tertiary/aromatic N) is 2. The van der Waals surface area contributed by atoms with Gasteiger partial charge in [0.15, 0.2) is 0 Å². The van der Waals surface area contributed by atoms with Gasteiger partial charge in [0, 0.05) is 11.6 Å². The Bertz CT molecular complexity index is 908. The first-order valence-corrected chi connectivity index (χ1v) is 10.5. The molecule has 6 nitrogen and oxygen atoms in total. The molecule has 0 saturated carbocycles. The van der Waals surface area contributed by atoms with E-state index in [1.54, 1.807) is 12.1 Å². The molecule has 0 aliphatic carbocycles. The first-order chi connectivity index (χ1) is 12.4. The highest BCUT2D eigenvalue weighted by Crippen LogP contribution is 2.47. The fourth-order valence-corrected chi connectivity index (χ4v) is 5.74. The van der Waals surface area contributed by atoms with Gasteiger partial charge < -0.3 is 15.3 Å². The lowest BCUT2D eigenvalue weighted by molar-refractivity contribution is 0.147. The Kier molecular flexibility index (Phi) is 4.61. The molecule has 2 N–H and O–H groups in total. The summed E-state index contributed by atoms with van der Waals surface area (Å²) in [5.74, 6) is 0. The van der Waals surface area contributed by atoms with E-state index in [2.05, 4.69) is 10.3 Å². The summed E-state index contributed by atoms with van der Waals surface area (Å²) in [7, 11) is -3.79. The van der Waals surface area contributed by atoms with Gasteiger partial charge in [-0.25, -0.2) is 13.4 Å². The van der Waals surface area contributed by atoms with Gasteiger partial charge in [0.25, 0.3) is 0 Å². The van der Waals surface area contributed by atoms with E-state index < -0.39 is 15.9 Å². The fraction of sp³-hybridized carbons (Fsp3) is 0.353. The normalized spacial score (nSPS) is 24.5. The summed E-state index contributed by atoms with van der Waals surface area (Å²) < 4.78 is 26.3. The minimum Gasteiger partial charge on any atom is -0.390 e. The molecule has 1 aromatic heterocycles. The summed E-state index contributed by atoms with van der Waals surface area (Å²) in [6.45, 7) is 1.24. The zero-order valence-corrected chi connectivity index (χ0v) is 16.0. The Morgan fingerprint density at radius 2 is 1.96 bits per heavy atom. The molecule has 26 heavy (non-hydrogen) atoms. The average Bonchev–Trinajstić information content (AvgIpc) is 2.81. The van der Waals surface area contributed by atoms with E-state index >= 15 is 0 Å². The van der Waals surface area contributed by atoms with Crippen LogP contribution >= 0.6 is 23.2 Å². The Balaban J connectivity index is 1.98. The number of nitrogens with one attached hydrogen (secondary N) is 1. The fourth-order valence-electron chi connectivity index (χ4n) is 3.63. The van der Waals surface area contributed by atoms with Crippen LogP contribution in [-0.2, 0) is 9.84 Å². The molecule has 2 aliphatic heterocycles. The highest BCUT2D eigenvalue weighted by atomic mass is 35.5. The van der Waals surface area contributed by atoms with Crippen LogP contribution in [0.15, 0.2) is 40.3 Å². The second-order valence-corrected chi connectivity index (χ2v) is 9.15. The number of aromatic nitrogens is 1. The summed E-state index contributed by atoms with van der Waals surface area (Å²) in [5, 5.41) is 14.3. The first kappa shape index (κ1) is 18.0. The molecular formula is C17H17Cl2N3O3S. The maximum Gasteiger partial charge on any atom is 0.210 e. The van der Waals surface area contributed by atoms with E-state index in [0.29, 0.717) is 29.4 Å². The molecule has 3 heterocycles. The van der Waals surface area contributed by atoms with Crippen LogP contribution in [0, 0.1) is 0 Å². The van der Waals surface area contributed by atoms with Gasteiger partial charge in [-0.3, -0.25) is 0 Å². The van der Waals surface area contributed by atoms with E-state index in [0.717, 1.165) is 13.0 Å². The van der Waals surface area contributed by atoms with Gasteiger partial charge in [0.2, 0.25) is 9.84 Å². The standard InChI is InChI=1S/C17H17Cl2N3O3S/c18-10-3-4-12-15(6-10)26(24,25)16-7-17(19)21-8-13(16)22(12)11-2-1-5-20-9-14(11)23/h3-4,6-8,11,14,20,23H,1-2,5,9H2/t11-,14-/m0/s1. The van der Waals surface area contributed by atoms with E-state index in [9.17, 15) is 13.5 Å². The van der Waals surface area contributed by atoms with Crippen molar-refractivity contribution in [1.82, 2.24) is 10.3 Å².